The highest BCUT2D eigenvalue weighted by atomic mass is 35.5. The number of ether oxygens (including phenoxy) is 1. The van der Waals surface area contributed by atoms with Gasteiger partial charge in [-0.1, -0.05) is 23.7 Å². The summed E-state index contributed by atoms with van der Waals surface area (Å²) in [7, 11) is 0. The monoisotopic (exact) mass is 452 g/mol. The third kappa shape index (κ3) is 4.61. The van der Waals surface area contributed by atoms with Crippen LogP contribution in [0.15, 0.2) is 54.6 Å². The number of primary amides is 2. The minimum Gasteiger partial charge on any atom is -0.454 e. The fourth-order valence-electron chi connectivity index (χ4n) is 2.90. The number of amides is 2. The molecule has 0 saturated heterocycles. The maximum Gasteiger partial charge on any atom is 0.417 e. The van der Waals surface area contributed by atoms with Gasteiger partial charge in [0.05, 0.1) is 16.1 Å². The number of hydrogen-bond acceptors (Lipinski definition) is 3. The number of carbonyl (C=O) groups is 2. The van der Waals surface area contributed by atoms with Crippen molar-refractivity contribution in [3.63, 3.8) is 0 Å². The molecular weight excluding hydrogens is 440 g/mol. The van der Waals surface area contributed by atoms with Crippen molar-refractivity contribution in [3.05, 3.63) is 82.1 Å². The summed E-state index contributed by atoms with van der Waals surface area (Å²) in [6.07, 6.45) is -4.93. The van der Waals surface area contributed by atoms with E-state index in [9.17, 15) is 27.2 Å². The van der Waals surface area contributed by atoms with Crippen molar-refractivity contribution >= 4 is 23.4 Å². The molecular formula is C21H13ClF4N2O3. The summed E-state index contributed by atoms with van der Waals surface area (Å²) in [5.41, 5.74) is 8.56. The van der Waals surface area contributed by atoms with Gasteiger partial charge in [-0.15, -0.1) is 0 Å². The molecule has 0 heterocycles. The van der Waals surface area contributed by atoms with Gasteiger partial charge in [0.15, 0.2) is 0 Å². The molecule has 3 aromatic carbocycles. The molecule has 5 nitrogen and oxygen atoms in total. The van der Waals surface area contributed by atoms with Crippen LogP contribution in [0.4, 0.5) is 17.6 Å². The Morgan fingerprint density at radius 3 is 2.23 bits per heavy atom. The predicted molar refractivity (Wildman–Crippen MR) is 105 cm³/mol. The molecule has 10 heteroatoms. The second-order valence-electron chi connectivity index (χ2n) is 6.35. The van der Waals surface area contributed by atoms with Crippen molar-refractivity contribution in [2.75, 3.05) is 0 Å². The summed E-state index contributed by atoms with van der Waals surface area (Å²) in [6.45, 7) is 0. The molecule has 0 aliphatic heterocycles. The normalized spacial score (nSPS) is 11.3. The van der Waals surface area contributed by atoms with Gasteiger partial charge < -0.3 is 16.2 Å². The zero-order chi connectivity index (χ0) is 22.9. The summed E-state index contributed by atoms with van der Waals surface area (Å²) in [5.74, 6) is -3.65. The van der Waals surface area contributed by atoms with E-state index >= 15 is 0 Å². The van der Waals surface area contributed by atoms with Crippen LogP contribution in [0, 0.1) is 5.82 Å². The van der Waals surface area contributed by atoms with E-state index in [1.165, 1.54) is 24.3 Å². The molecule has 0 fully saturated rings. The summed E-state index contributed by atoms with van der Waals surface area (Å²) in [4.78, 5) is 23.6. The van der Waals surface area contributed by atoms with Crippen LogP contribution < -0.4 is 16.2 Å². The number of carbonyl (C=O) groups excluding carboxylic acids is 2. The van der Waals surface area contributed by atoms with E-state index in [1.807, 2.05) is 0 Å². The Morgan fingerprint density at radius 1 is 0.935 bits per heavy atom. The Labute approximate surface area is 178 Å². The fraction of sp³-hybridized carbons (Fsp3) is 0.0476. The summed E-state index contributed by atoms with van der Waals surface area (Å²) in [6, 6.07) is 10.3. The van der Waals surface area contributed by atoms with Gasteiger partial charge in [-0.25, -0.2) is 4.39 Å². The molecule has 0 saturated carbocycles. The molecule has 3 aromatic rings. The number of nitrogens with two attached hydrogens (primary N) is 2. The second-order valence-corrected chi connectivity index (χ2v) is 6.76. The predicted octanol–water partition coefficient (Wildman–Crippen LogP) is 5.16. The van der Waals surface area contributed by atoms with Crippen molar-refractivity contribution in [3.8, 4) is 22.6 Å². The molecule has 0 radical (unpaired) electrons. The lowest BCUT2D eigenvalue weighted by atomic mass is 9.95. The Balaban J connectivity index is 2.33. The number of rotatable bonds is 5. The Hall–Kier alpha value is -3.59. The van der Waals surface area contributed by atoms with Crippen molar-refractivity contribution < 1.29 is 31.9 Å². The maximum absolute atomic E-state index is 13.6. The van der Waals surface area contributed by atoms with Crippen LogP contribution in [0.5, 0.6) is 11.5 Å². The first-order valence-electron chi connectivity index (χ1n) is 8.56. The van der Waals surface area contributed by atoms with E-state index in [2.05, 4.69) is 0 Å². The molecule has 3 rings (SSSR count). The molecule has 31 heavy (non-hydrogen) atoms. The van der Waals surface area contributed by atoms with E-state index < -0.39 is 40.7 Å². The van der Waals surface area contributed by atoms with Crippen molar-refractivity contribution in [1.82, 2.24) is 0 Å². The van der Waals surface area contributed by atoms with Gasteiger partial charge in [0.25, 0.3) is 5.91 Å². The van der Waals surface area contributed by atoms with Gasteiger partial charge >= 0.3 is 6.18 Å². The number of halogens is 5. The van der Waals surface area contributed by atoms with E-state index in [4.69, 9.17) is 27.8 Å². The molecule has 0 aliphatic carbocycles. The van der Waals surface area contributed by atoms with Crippen molar-refractivity contribution in [1.29, 1.82) is 0 Å². The first-order chi connectivity index (χ1) is 14.5. The van der Waals surface area contributed by atoms with Gasteiger partial charge in [0, 0.05) is 11.1 Å². The lowest BCUT2D eigenvalue weighted by Gasteiger charge is -2.19. The van der Waals surface area contributed by atoms with E-state index in [-0.39, 0.29) is 27.5 Å². The van der Waals surface area contributed by atoms with Crippen LogP contribution in [-0.4, -0.2) is 11.8 Å². The molecule has 0 spiro atoms. The van der Waals surface area contributed by atoms with Crippen LogP contribution in [-0.2, 0) is 6.18 Å². The molecule has 0 aromatic heterocycles. The Kier molecular flexibility index (Phi) is 5.90. The highest BCUT2D eigenvalue weighted by Gasteiger charge is 2.38. The van der Waals surface area contributed by atoms with Gasteiger partial charge in [-0.3, -0.25) is 9.59 Å². The van der Waals surface area contributed by atoms with Gasteiger partial charge in [0.2, 0.25) is 5.91 Å². The molecule has 0 unspecified atom stereocenters. The average Bonchev–Trinajstić information content (AvgIpc) is 2.68. The molecule has 4 N–H and O–H groups in total. The zero-order valence-corrected chi connectivity index (χ0v) is 16.2. The van der Waals surface area contributed by atoms with E-state index in [0.29, 0.717) is 6.07 Å². The topological polar surface area (TPSA) is 95.4 Å². The van der Waals surface area contributed by atoms with Gasteiger partial charge in [-0.2, -0.15) is 13.2 Å². The SMILES string of the molecule is NC(=O)c1cccc(-c2ccc(C(F)(F)F)c(C(N)=O)c2Oc2ccc(F)cc2Cl)c1. The number of alkyl halides is 3. The summed E-state index contributed by atoms with van der Waals surface area (Å²) >= 11 is 5.94. The molecule has 2 amide bonds. The molecule has 0 aliphatic rings. The van der Waals surface area contributed by atoms with E-state index in [0.717, 1.165) is 24.3 Å². The molecule has 160 valence electrons. The summed E-state index contributed by atoms with van der Waals surface area (Å²) < 4.78 is 59.6. The van der Waals surface area contributed by atoms with Gasteiger partial charge in [-0.05, 0) is 48.0 Å². The fourth-order valence-corrected chi connectivity index (χ4v) is 3.11. The first kappa shape index (κ1) is 22.1. The van der Waals surface area contributed by atoms with Crippen molar-refractivity contribution in [2.45, 2.75) is 6.18 Å². The third-order valence-electron chi connectivity index (χ3n) is 4.27. The Morgan fingerprint density at radius 2 is 1.65 bits per heavy atom. The standard InChI is InChI=1S/C21H13ClF4N2O3/c22-15-9-12(23)4-7-16(15)31-18-13(10-2-1-3-11(8-10)19(27)29)5-6-14(21(24,25)26)17(18)20(28)30/h1-9H,(H2,27,29)(H2,28,30). The zero-order valence-electron chi connectivity index (χ0n) is 15.5. The highest BCUT2D eigenvalue weighted by molar-refractivity contribution is 6.32. The minimum atomic E-state index is -4.93. The van der Waals surface area contributed by atoms with Crippen LogP contribution >= 0.6 is 11.6 Å². The Bertz CT molecular complexity index is 1200. The van der Waals surface area contributed by atoms with Crippen LogP contribution in [0.25, 0.3) is 11.1 Å². The van der Waals surface area contributed by atoms with Crippen LogP contribution in [0.1, 0.15) is 26.3 Å². The quantitative estimate of drug-likeness (QED) is 0.524. The highest BCUT2D eigenvalue weighted by Crippen LogP contribution is 2.44. The lowest BCUT2D eigenvalue weighted by Crippen LogP contribution is -2.20. The third-order valence-corrected chi connectivity index (χ3v) is 4.57. The largest absolute Gasteiger partial charge is 0.454 e. The molecule has 0 bridgehead atoms. The number of hydrogen-bond donors (Lipinski definition) is 2. The average molecular weight is 453 g/mol. The molecule has 0 atom stereocenters. The number of benzene rings is 3. The van der Waals surface area contributed by atoms with E-state index in [1.54, 1.807) is 0 Å². The maximum atomic E-state index is 13.6. The van der Waals surface area contributed by atoms with Crippen LogP contribution in [0.2, 0.25) is 5.02 Å². The smallest absolute Gasteiger partial charge is 0.417 e. The van der Waals surface area contributed by atoms with Gasteiger partial charge in [0.1, 0.15) is 17.3 Å². The lowest BCUT2D eigenvalue weighted by molar-refractivity contribution is -0.138. The van der Waals surface area contributed by atoms with Crippen LogP contribution in [0.3, 0.4) is 0 Å². The van der Waals surface area contributed by atoms with Crippen molar-refractivity contribution in [2.24, 2.45) is 11.5 Å². The first-order valence-corrected chi connectivity index (χ1v) is 8.94. The minimum absolute atomic E-state index is 0.00490. The summed E-state index contributed by atoms with van der Waals surface area (Å²) in [5, 5.41) is -0.246. The second kappa shape index (κ2) is 8.27.